The lowest BCUT2D eigenvalue weighted by atomic mass is 9.98. The molecule has 0 aromatic carbocycles. The maximum Gasteiger partial charge on any atom is 0.522 e. The summed E-state index contributed by atoms with van der Waals surface area (Å²) in [4.78, 5) is 13.3. The maximum atomic E-state index is 11.8. The molecule has 1 atom stereocenters. The van der Waals surface area contributed by atoms with Crippen molar-refractivity contribution in [3.05, 3.63) is 0 Å². The van der Waals surface area contributed by atoms with E-state index in [9.17, 15) is 18.0 Å². The van der Waals surface area contributed by atoms with Crippen molar-refractivity contribution in [2.45, 2.75) is 26.1 Å². The molecule has 106 valence electrons. The molecule has 18 heavy (non-hydrogen) atoms. The van der Waals surface area contributed by atoms with Crippen molar-refractivity contribution < 1.29 is 27.4 Å². The van der Waals surface area contributed by atoms with Gasteiger partial charge in [-0.15, -0.1) is 13.2 Å². The summed E-state index contributed by atoms with van der Waals surface area (Å²) in [5, 5.41) is 0. The molecule has 1 fully saturated rings. The van der Waals surface area contributed by atoms with Crippen LogP contribution in [0.5, 0.6) is 0 Å². The monoisotopic (exact) mass is 269 g/mol. The fourth-order valence-electron chi connectivity index (χ4n) is 2.00. The summed E-state index contributed by atoms with van der Waals surface area (Å²) in [6.45, 7) is 2.97. The largest absolute Gasteiger partial charge is 0.522 e. The number of hydrogen-bond acceptors (Lipinski definition) is 4. The van der Waals surface area contributed by atoms with E-state index in [4.69, 9.17) is 4.74 Å². The first-order valence-electron chi connectivity index (χ1n) is 6.02. The lowest BCUT2D eigenvalue weighted by Crippen LogP contribution is -2.41. The Morgan fingerprint density at radius 2 is 2.17 bits per heavy atom. The van der Waals surface area contributed by atoms with Crippen LogP contribution in [0.15, 0.2) is 0 Å². The third-order valence-corrected chi connectivity index (χ3v) is 2.80. The highest BCUT2D eigenvalue weighted by Gasteiger charge is 2.30. The van der Waals surface area contributed by atoms with Gasteiger partial charge in [0.05, 0.1) is 19.1 Å². The van der Waals surface area contributed by atoms with E-state index in [1.54, 1.807) is 11.8 Å². The standard InChI is InChI=1S/C11H18F3NO3/c1-2-17-10(16)9-4-3-5-15(8-9)6-7-18-11(12,13)14/h9H,2-8H2,1H3/t9-/m1/s1. The molecule has 1 aliphatic heterocycles. The molecule has 1 rings (SSSR count). The molecule has 4 nitrogen and oxygen atoms in total. The average molecular weight is 269 g/mol. The minimum absolute atomic E-state index is 0.176. The SMILES string of the molecule is CCOC(=O)[C@@H]1CCCN(CCOC(F)(F)F)C1. The number of rotatable bonds is 5. The number of ether oxygens (including phenoxy) is 2. The Hall–Kier alpha value is -0.820. The van der Waals surface area contributed by atoms with Crippen LogP contribution < -0.4 is 0 Å². The molecule has 0 amide bonds. The zero-order valence-corrected chi connectivity index (χ0v) is 10.3. The van der Waals surface area contributed by atoms with Gasteiger partial charge in [0.1, 0.15) is 0 Å². The first-order valence-corrected chi connectivity index (χ1v) is 6.02. The predicted molar refractivity (Wildman–Crippen MR) is 57.8 cm³/mol. The lowest BCUT2D eigenvalue weighted by molar-refractivity contribution is -0.325. The highest BCUT2D eigenvalue weighted by atomic mass is 19.4. The summed E-state index contributed by atoms with van der Waals surface area (Å²) in [7, 11) is 0. The zero-order chi connectivity index (χ0) is 13.6. The zero-order valence-electron chi connectivity index (χ0n) is 10.3. The van der Waals surface area contributed by atoms with E-state index in [-0.39, 0.29) is 18.4 Å². The second kappa shape index (κ2) is 6.94. The second-order valence-electron chi connectivity index (χ2n) is 4.19. The van der Waals surface area contributed by atoms with Crippen molar-refractivity contribution in [1.82, 2.24) is 4.90 Å². The van der Waals surface area contributed by atoms with Gasteiger partial charge in [0.15, 0.2) is 0 Å². The predicted octanol–water partition coefficient (Wildman–Crippen LogP) is 1.80. The topological polar surface area (TPSA) is 38.8 Å². The summed E-state index contributed by atoms with van der Waals surface area (Å²) in [5.74, 6) is -0.497. The van der Waals surface area contributed by atoms with E-state index in [2.05, 4.69) is 4.74 Å². The average Bonchev–Trinajstić information content (AvgIpc) is 2.28. The normalized spacial score (nSPS) is 21.9. The summed E-state index contributed by atoms with van der Waals surface area (Å²) < 4.78 is 44.0. The smallest absolute Gasteiger partial charge is 0.466 e. The van der Waals surface area contributed by atoms with E-state index < -0.39 is 13.0 Å². The molecule has 1 aliphatic rings. The van der Waals surface area contributed by atoms with Crippen molar-refractivity contribution >= 4 is 5.97 Å². The fraction of sp³-hybridized carbons (Fsp3) is 0.909. The van der Waals surface area contributed by atoms with Gasteiger partial charge in [-0.1, -0.05) is 0 Å². The number of likely N-dealkylation sites (tertiary alicyclic amines) is 1. The van der Waals surface area contributed by atoms with Crippen LogP contribution in [0, 0.1) is 5.92 Å². The molecule has 1 saturated heterocycles. The van der Waals surface area contributed by atoms with Crippen molar-refractivity contribution in [3.8, 4) is 0 Å². The molecule has 0 saturated carbocycles. The third kappa shape index (κ3) is 5.68. The fourth-order valence-corrected chi connectivity index (χ4v) is 2.00. The van der Waals surface area contributed by atoms with Gasteiger partial charge in [-0.2, -0.15) is 0 Å². The Morgan fingerprint density at radius 1 is 1.44 bits per heavy atom. The maximum absolute atomic E-state index is 11.8. The quantitative estimate of drug-likeness (QED) is 0.713. The summed E-state index contributed by atoms with van der Waals surface area (Å²) in [5.41, 5.74) is 0. The first-order chi connectivity index (χ1) is 8.42. The minimum Gasteiger partial charge on any atom is -0.466 e. The van der Waals surface area contributed by atoms with Crippen LogP contribution in [-0.4, -0.2) is 50.1 Å². The number of hydrogen-bond donors (Lipinski definition) is 0. The number of nitrogens with zero attached hydrogens (tertiary/aromatic N) is 1. The van der Waals surface area contributed by atoms with Crippen LogP contribution in [0.25, 0.3) is 0 Å². The number of piperidine rings is 1. The Bertz CT molecular complexity index is 271. The minimum atomic E-state index is -4.59. The van der Waals surface area contributed by atoms with Gasteiger partial charge in [-0.3, -0.25) is 9.53 Å². The van der Waals surface area contributed by atoms with Crippen molar-refractivity contribution in [2.24, 2.45) is 5.92 Å². The van der Waals surface area contributed by atoms with Crippen LogP contribution in [0.4, 0.5) is 13.2 Å². The molecule has 0 radical (unpaired) electrons. The molecule has 7 heteroatoms. The molecule has 0 unspecified atom stereocenters. The molecule has 0 spiro atoms. The highest BCUT2D eigenvalue weighted by Crippen LogP contribution is 2.19. The van der Waals surface area contributed by atoms with E-state index in [1.807, 2.05) is 0 Å². The molecule has 0 aromatic heterocycles. The molecule has 0 bridgehead atoms. The molecule has 0 aliphatic carbocycles. The van der Waals surface area contributed by atoms with E-state index in [0.717, 1.165) is 12.8 Å². The Morgan fingerprint density at radius 3 is 2.78 bits per heavy atom. The first kappa shape index (κ1) is 15.2. The molecular weight excluding hydrogens is 251 g/mol. The highest BCUT2D eigenvalue weighted by molar-refractivity contribution is 5.72. The molecule has 0 aromatic rings. The Labute approximate surface area is 104 Å². The van der Waals surface area contributed by atoms with Crippen molar-refractivity contribution in [3.63, 3.8) is 0 Å². The van der Waals surface area contributed by atoms with Crippen LogP contribution in [-0.2, 0) is 14.3 Å². The van der Waals surface area contributed by atoms with Crippen LogP contribution in [0.2, 0.25) is 0 Å². The van der Waals surface area contributed by atoms with Gasteiger partial charge in [-0.05, 0) is 26.3 Å². The summed E-state index contributed by atoms with van der Waals surface area (Å²) in [6, 6.07) is 0. The third-order valence-electron chi connectivity index (χ3n) is 2.80. The van der Waals surface area contributed by atoms with Gasteiger partial charge in [0, 0.05) is 13.1 Å². The number of halogens is 3. The Balaban J connectivity index is 2.28. The second-order valence-corrected chi connectivity index (χ2v) is 4.19. The van der Waals surface area contributed by atoms with Crippen LogP contribution in [0.3, 0.4) is 0 Å². The van der Waals surface area contributed by atoms with E-state index in [0.29, 0.717) is 19.7 Å². The van der Waals surface area contributed by atoms with E-state index >= 15 is 0 Å². The number of carbonyl (C=O) groups is 1. The van der Waals surface area contributed by atoms with Crippen LogP contribution in [0.1, 0.15) is 19.8 Å². The van der Waals surface area contributed by atoms with Gasteiger partial charge in [-0.25, -0.2) is 0 Å². The van der Waals surface area contributed by atoms with Crippen LogP contribution >= 0.6 is 0 Å². The number of carbonyl (C=O) groups excluding carboxylic acids is 1. The molecule has 1 heterocycles. The van der Waals surface area contributed by atoms with Crippen molar-refractivity contribution in [1.29, 1.82) is 0 Å². The summed E-state index contributed by atoms with van der Waals surface area (Å²) >= 11 is 0. The van der Waals surface area contributed by atoms with E-state index in [1.165, 1.54) is 0 Å². The summed E-state index contributed by atoms with van der Waals surface area (Å²) in [6.07, 6.45) is -3.07. The van der Waals surface area contributed by atoms with Crippen molar-refractivity contribution in [2.75, 3.05) is 32.8 Å². The number of esters is 1. The number of alkyl halides is 3. The van der Waals surface area contributed by atoms with Gasteiger partial charge in [0.2, 0.25) is 0 Å². The van der Waals surface area contributed by atoms with Gasteiger partial charge in [0.25, 0.3) is 0 Å². The molecule has 0 N–H and O–H groups in total. The van der Waals surface area contributed by atoms with Gasteiger partial charge >= 0.3 is 12.3 Å². The Kier molecular flexibility index (Phi) is 5.87. The molecular formula is C11H18F3NO3. The lowest BCUT2D eigenvalue weighted by Gasteiger charge is -2.31. The van der Waals surface area contributed by atoms with Gasteiger partial charge < -0.3 is 9.64 Å².